The smallest absolute Gasteiger partial charge is 0.407 e. The van der Waals surface area contributed by atoms with Crippen LogP contribution >= 0.6 is 47.2 Å². The maximum atomic E-state index is 13.8. The number of nitrogens with two attached hydrogens (primary N) is 1. The van der Waals surface area contributed by atoms with E-state index < -0.39 is 25.6 Å². The summed E-state index contributed by atoms with van der Waals surface area (Å²) in [4.78, 5) is 53.5. The molecule has 4 atom stereocenters. The van der Waals surface area contributed by atoms with Crippen molar-refractivity contribution in [1.82, 2.24) is 49.6 Å². The van der Waals surface area contributed by atoms with E-state index in [1.165, 1.54) is 24.3 Å². The molecule has 4 saturated heterocycles. The van der Waals surface area contributed by atoms with Crippen LogP contribution in [0.1, 0.15) is 116 Å². The van der Waals surface area contributed by atoms with Crippen LogP contribution in [0.5, 0.6) is 0 Å². The third-order valence-corrected chi connectivity index (χ3v) is 15.8. The van der Waals surface area contributed by atoms with Crippen LogP contribution in [-0.4, -0.2) is 143 Å². The van der Waals surface area contributed by atoms with Crippen molar-refractivity contribution in [3.05, 3.63) is 110 Å². The summed E-state index contributed by atoms with van der Waals surface area (Å²) < 4.78 is 60.8. The summed E-state index contributed by atoms with van der Waals surface area (Å²) in [6.07, 6.45) is 8.85. The lowest BCUT2D eigenvalue weighted by Gasteiger charge is -2.38. The lowest BCUT2D eigenvalue weighted by atomic mass is 9.91. The number of aryl methyl sites for hydroxylation is 2. The molecule has 28 heteroatoms. The van der Waals surface area contributed by atoms with E-state index in [-0.39, 0.29) is 88.8 Å². The lowest BCUT2D eigenvalue weighted by Crippen LogP contribution is -2.57. The predicted octanol–water partition coefficient (Wildman–Crippen LogP) is 8.06. The fourth-order valence-electron chi connectivity index (χ4n) is 9.87. The zero-order valence-corrected chi connectivity index (χ0v) is 51.3. The maximum absolute atomic E-state index is 13.8. The highest BCUT2D eigenvalue weighted by Gasteiger charge is 2.37. The molecule has 4 aromatic heterocycles. The average Bonchev–Trinajstić information content (AvgIpc) is 4.08. The Bertz CT molecular complexity index is 3500. The van der Waals surface area contributed by atoms with Gasteiger partial charge in [0.25, 0.3) is 11.8 Å². The number of anilines is 3. The number of carbonyl (C=O) groups excluding carboxylic acids is 3. The van der Waals surface area contributed by atoms with Gasteiger partial charge in [0, 0.05) is 91.0 Å². The number of hydrogen-bond donors (Lipinski definition) is 5. The summed E-state index contributed by atoms with van der Waals surface area (Å²) in [5, 5.41) is 16.4. The van der Waals surface area contributed by atoms with Crippen molar-refractivity contribution >= 4 is 114 Å². The fourth-order valence-corrected chi connectivity index (χ4v) is 11.5. The number of nitrogens with zero attached hydrogens (tertiary/aromatic N) is 9. The molecule has 6 N–H and O–H groups in total. The van der Waals surface area contributed by atoms with Gasteiger partial charge in [0.2, 0.25) is 20.0 Å². The molecular formula is C53H70Cl4N14O8S2. The molecule has 0 bridgehead atoms. The van der Waals surface area contributed by atoms with E-state index in [1.807, 2.05) is 52.9 Å². The first-order valence-corrected chi connectivity index (χ1v) is 31.2. The minimum atomic E-state index is -3.59. The van der Waals surface area contributed by atoms with Gasteiger partial charge in [-0.1, -0.05) is 48.7 Å². The molecule has 22 nitrogen and oxygen atoms in total. The summed E-state index contributed by atoms with van der Waals surface area (Å²) in [6, 6.07) is 12.7. The Morgan fingerprint density at radius 1 is 0.691 bits per heavy atom. The van der Waals surface area contributed by atoms with Gasteiger partial charge in [0.1, 0.15) is 16.6 Å². The van der Waals surface area contributed by atoms with Gasteiger partial charge < -0.3 is 35.8 Å². The maximum Gasteiger partial charge on any atom is 0.407 e. The summed E-state index contributed by atoms with van der Waals surface area (Å²) in [7, 11) is -7.17. The highest BCUT2D eigenvalue weighted by molar-refractivity contribution is 7.92. The van der Waals surface area contributed by atoms with Crippen molar-refractivity contribution in [3.8, 4) is 0 Å². The van der Waals surface area contributed by atoms with E-state index in [0.717, 1.165) is 87.0 Å². The second kappa shape index (κ2) is 25.4. The van der Waals surface area contributed by atoms with E-state index in [0.29, 0.717) is 45.3 Å². The summed E-state index contributed by atoms with van der Waals surface area (Å²) in [5.74, 6) is 0.866. The number of alkyl carbamates (subject to hydrolysis) is 1. The average molecular weight is 1240 g/mol. The third-order valence-electron chi connectivity index (χ3n) is 13.8. The zero-order valence-electron chi connectivity index (χ0n) is 46.5. The molecule has 2 aromatic carbocycles. The molecule has 0 aliphatic carbocycles. The molecule has 8 heterocycles. The Morgan fingerprint density at radius 3 is 1.57 bits per heavy atom. The van der Waals surface area contributed by atoms with Crippen LogP contribution in [0.25, 0.3) is 11.3 Å². The number of hydrogen-bond acceptors (Lipinski definition) is 15. The molecule has 6 aromatic rings. The largest absolute Gasteiger partial charge is 0.444 e. The van der Waals surface area contributed by atoms with E-state index in [4.69, 9.17) is 55.4 Å². The van der Waals surface area contributed by atoms with Crippen molar-refractivity contribution in [2.45, 2.75) is 104 Å². The highest BCUT2D eigenvalue weighted by atomic mass is 35.5. The van der Waals surface area contributed by atoms with Gasteiger partial charge in [-0.15, -0.1) is 12.4 Å². The third kappa shape index (κ3) is 16.1. The summed E-state index contributed by atoms with van der Waals surface area (Å²) >= 11 is 18.5. The highest BCUT2D eigenvalue weighted by Crippen LogP contribution is 2.38. The second-order valence-electron chi connectivity index (χ2n) is 22.3. The Morgan fingerprint density at radius 2 is 1.15 bits per heavy atom. The molecule has 0 radical (unpaired) electrons. The first kappa shape index (κ1) is 62.9. The number of aromatic nitrogens is 6. The van der Waals surface area contributed by atoms with Gasteiger partial charge in [-0.25, -0.2) is 40.6 Å². The van der Waals surface area contributed by atoms with Gasteiger partial charge in [0.15, 0.2) is 11.3 Å². The van der Waals surface area contributed by atoms with Crippen molar-refractivity contribution in [3.63, 3.8) is 0 Å². The number of piperidine rings is 2. The number of benzene rings is 2. The Kier molecular flexibility index (Phi) is 19.7. The molecule has 0 spiro atoms. The van der Waals surface area contributed by atoms with Gasteiger partial charge in [-0.3, -0.25) is 19.0 Å². The number of fused-ring (bicyclic) bond motifs is 2. The van der Waals surface area contributed by atoms with E-state index in [1.54, 1.807) is 37.2 Å². The lowest BCUT2D eigenvalue weighted by molar-refractivity contribution is 0.0486. The van der Waals surface area contributed by atoms with Gasteiger partial charge in [-0.05, 0) is 109 Å². The van der Waals surface area contributed by atoms with Gasteiger partial charge in [0.05, 0.1) is 64.5 Å². The van der Waals surface area contributed by atoms with Crippen LogP contribution in [0, 0.1) is 25.7 Å². The Hall–Kier alpha value is -5.73. The monoisotopic (exact) mass is 1230 g/mol. The number of nitrogens with one attached hydrogen (secondary N) is 4. The van der Waals surface area contributed by atoms with Crippen LogP contribution in [-0.2, 0) is 24.8 Å². The molecule has 81 heavy (non-hydrogen) atoms. The zero-order chi connectivity index (χ0) is 58.2. The van der Waals surface area contributed by atoms with Crippen molar-refractivity contribution in [2.75, 3.05) is 66.1 Å². The number of likely N-dealkylation sites (tertiary alicyclic amines) is 2. The van der Waals surface area contributed by atoms with Crippen LogP contribution in [0.3, 0.4) is 0 Å². The van der Waals surface area contributed by atoms with Gasteiger partial charge in [-0.2, -0.15) is 10.2 Å². The number of amides is 3. The molecule has 3 amide bonds. The predicted molar refractivity (Wildman–Crippen MR) is 318 cm³/mol. The van der Waals surface area contributed by atoms with Crippen LogP contribution in [0.4, 0.5) is 22.0 Å². The molecule has 0 unspecified atom stereocenters. The molecular weight excluding hydrogens is 1170 g/mol. The minimum Gasteiger partial charge on any atom is -0.444 e. The van der Waals surface area contributed by atoms with E-state index >= 15 is 0 Å². The molecule has 0 saturated carbocycles. The second-order valence-corrected chi connectivity index (χ2v) is 27.0. The van der Waals surface area contributed by atoms with Crippen molar-refractivity contribution in [2.24, 2.45) is 17.6 Å². The number of carbonyl (C=O) groups is 3. The standard InChI is InChI=1S/C24H30ClN7O3S.C21H23Cl2N5O3S.C8H16N2O2.ClH/c1-14-4-7-21(20-9-22-27-23(30-12-17(26)13-30)15(2)11-32(22)28-20)31(10-14)24(33)18-8-16(25)5-6-19(18)29-36(3,34)35;1-12-4-7-18(17-9-19-24-20(23)13(2)11-28(19)25-17)27(10-12)21(29)15-8-14(22)5-6-16(15)26-32(3,30)31;1-8(2,3)12-7(11)10-6-4-9-5-6;/h5-6,8-9,11,14,17,21,29H,4,7,10,12-13,26H2,1-3H3;5-6,8-9,11-12,18,26H,4,7,10H2,1-3H3;6,9H,4-5H2,1-3H3,(H,10,11);1H/t14-,21-;12-,18-;;/m00../s1. The molecule has 440 valence electrons. The van der Waals surface area contributed by atoms with Gasteiger partial charge >= 0.3 is 6.09 Å². The SMILES string of the molecule is CC(C)(C)OC(=O)NC1CNC1.Cc1cn2nc([C@@H]3CC[C@H](C)CN3C(=O)c3cc(Cl)ccc3NS(C)(=O)=O)cc2nc1Cl.Cc1cn2nc([C@@H]3CC[C@H](C)CN3C(=O)c3cc(Cl)ccc3NS(C)(=O)=O)cc2nc1N1CC(N)C1.Cl. The first-order chi connectivity index (χ1) is 37.5. The van der Waals surface area contributed by atoms with Crippen LogP contribution in [0.15, 0.2) is 60.9 Å². The topological polar surface area (TPSA) is 273 Å². The number of halogens is 4. The first-order valence-electron chi connectivity index (χ1n) is 26.2. The van der Waals surface area contributed by atoms with Crippen molar-refractivity contribution in [1.29, 1.82) is 0 Å². The minimum absolute atomic E-state index is 0. The molecule has 10 rings (SSSR count). The number of ether oxygens (including phenoxy) is 1. The molecule has 4 aliphatic heterocycles. The van der Waals surface area contributed by atoms with Crippen LogP contribution < -0.4 is 30.7 Å². The quantitative estimate of drug-likeness (QED) is 0.0812. The summed E-state index contributed by atoms with van der Waals surface area (Å²) in [6.45, 7) is 17.9. The Balaban J connectivity index is 0.000000193. The summed E-state index contributed by atoms with van der Waals surface area (Å²) in [5.41, 5.74) is 10.9. The fraction of sp³-hybridized carbons (Fsp3) is 0.491. The van der Waals surface area contributed by atoms with Crippen molar-refractivity contribution < 1.29 is 36.0 Å². The Labute approximate surface area is 493 Å². The van der Waals surface area contributed by atoms with E-state index in [9.17, 15) is 31.2 Å². The molecule has 4 aliphatic rings. The van der Waals surface area contributed by atoms with E-state index in [2.05, 4.69) is 48.9 Å². The molecule has 4 fully saturated rings. The number of rotatable bonds is 10. The van der Waals surface area contributed by atoms with Crippen LogP contribution in [0.2, 0.25) is 15.2 Å². The number of sulfonamides is 2. The normalized spacial score (nSPS) is 19.7.